The van der Waals surface area contributed by atoms with E-state index in [9.17, 15) is 0 Å². The van der Waals surface area contributed by atoms with E-state index in [0.717, 1.165) is 18.7 Å². The van der Waals surface area contributed by atoms with Gasteiger partial charge in [-0.05, 0) is 25.8 Å². The Morgan fingerprint density at radius 2 is 2.29 bits per heavy atom. The second-order valence-electron chi connectivity index (χ2n) is 3.57. The van der Waals surface area contributed by atoms with Gasteiger partial charge in [-0.3, -0.25) is 0 Å². The first-order valence-corrected chi connectivity index (χ1v) is 5.13. The van der Waals surface area contributed by atoms with Crippen LogP contribution in [0.2, 0.25) is 0 Å². The van der Waals surface area contributed by atoms with Crippen LogP contribution in [0.1, 0.15) is 26.7 Å². The molecule has 0 aromatic rings. The van der Waals surface area contributed by atoms with Crippen LogP contribution in [0, 0.1) is 0 Å². The van der Waals surface area contributed by atoms with Crippen molar-refractivity contribution in [3.8, 4) is 0 Å². The third kappa shape index (κ3) is 3.50. The Labute approximate surface area is 85.8 Å². The molecule has 1 rings (SSSR count). The van der Waals surface area contributed by atoms with Gasteiger partial charge in [0, 0.05) is 7.11 Å². The van der Waals surface area contributed by atoms with Gasteiger partial charge in [0.05, 0.1) is 12.6 Å². The Morgan fingerprint density at radius 1 is 1.50 bits per heavy atom. The number of aliphatic imine (C=N–C) groups is 1. The molecule has 3 heteroatoms. The van der Waals surface area contributed by atoms with E-state index in [1.165, 1.54) is 5.57 Å². The second kappa shape index (κ2) is 5.81. The predicted molar refractivity (Wildman–Crippen MR) is 57.7 cm³/mol. The molecule has 1 aliphatic heterocycles. The highest BCUT2D eigenvalue weighted by Crippen LogP contribution is 2.16. The molecule has 1 heterocycles. The third-order valence-electron chi connectivity index (χ3n) is 2.25. The van der Waals surface area contributed by atoms with Gasteiger partial charge in [0.2, 0.25) is 5.90 Å². The van der Waals surface area contributed by atoms with Gasteiger partial charge in [0.25, 0.3) is 0 Å². The lowest BCUT2D eigenvalue weighted by Crippen LogP contribution is -2.17. The van der Waals surface area contributed by atoms with Crippen LogP contribution in [0.3, 0.4) is 0 Å². The monoisotopic (exact) mass is 197 g/mol. The first kappa shape index (κ1) is 11.2. The Hall–Kier alpha value is -0.830. The van der Waals surface area contributed by atoms with Crippen LogP contribution in [0.4, 0.5) is 0 Å². The Balaban J connectivity index is 2.45. The molecule has 14 heavy (non-hydrogen) atoms. The van der Waals surface area contributed by atoms with Gasteiger partial charge in [0.15, 0.2) is 0 Å². The van der Waals surface area contributed by atoms with Gasteiger partial charge in [-0.1, -0.05) is 12.5 Å². The number of ether oxygens (including phenoxy) is 2. The number of methoxy groups -OCH3 is 1. The molecule has 0 amide bonds. The van der Waals surface area contributed by atoms with E-state index in [1.54, 1.807) is 7.11 Å². The molecule has 80 valence electrons. The van der Waals surface area contributed by atoms with Crippen LogP contribution in [0.15, 0.2) is 16.6 Å². The highest BCUT2D eigenvalue weighted by molar-refractivity contribution is 5.89. The fourth-order valence-corrected chi connectivity index (χ4v) is 1.45. The predicted octanol–water partition coefficient (Wildman–Crippen LogP) is 2.18. The molecule has 0 aliphatic carbocycles. The Morgan fingerprint density at radius 3 is 2.93 bits per heavy atom. The summed E-state index contributed by atoms with van der Waals surface area (Å²) in [4.78, 5) is 4.48. The van der Waals surface area contributed by atoms with E-state index in [0.29, 0.717) is 19.3 Å². The molecule has 0 N–H and O–H groups in total. The van der Waals surface area contributed by atoms with E-state index in [2.05, 4.69) is 18.8 Å². The van der Waals surface area contributed by atoms with Crippen LogP contribution >= 0.6 is 0 Å². The summed E-state index contributed by atoms with van der Waals surface area (Å²) in [5.41, 5.74) is 1.35. The smallest absolute Gasteiger partial charge is 0.208 e. The van der Waals surface area contributed by atoms with E-state index >= 15 is 0 Å². The number of dihydropyridines is 1. The molecule has 0 aromatic carbocycles. The lowest BCUT2D eigenvalue weighted by molar-refractivity contribution is 0.141. The maximum Gasteiger partial charge on any atom is 0.208 e. The first-order valence-electron chi connectivity index (χ1n) is 5.13. The highest BCUT2D eigenvalue weighted by Gasteiger charge is 2.12. The lowest BCUT2D eigenvalue weighted by atomic mass is 10.0. The van der Waals surface area contributed by atoms with Crippen LogP contribution in [-0.4, -0.2) is 32.3 Å². The summed E-state index contributed by atoms with van der Waals surface area (Å²) in [6, 6.07) is 0.401. The zero-order valence-electron chi connectivity index (χ0n) is 9.25. The van der Waals surface area contributed by atoms with Crippen molar-refractivity contribution in [3.63, 3.8) is 0 Å². The molecule has 0 bridgehead atoms. The molecule has 3 nitrogen and oxygen atoms in total. The zero-order valence-corrected chi connectivity index (χ0v) is 9.25. The minimum Gasteiger partial charge on any atom is -0.475 e. The average Bonchev–Trinajstić information content (AvgIpc) is 2.17. The lowest BCUT2D eigenvalue weighted by Gasteiger charge is -2.18. The standard InChI is InChI=1S/C11H19NO2/c1-4-10-7-9(2)8-11(12-10)14-6-5-13-3/h8,10H,4-7H2,1-3H3. The third-order valence-corrected chi connectivity index (χ3v) is 2.25. The van der Waals surface area contributed by atoms with Crippen molar-refractivity contribution in [3.05, 3.63) is 11.6 Å². The molecular formula is C11H19NO2. The summed E-state index contributed by atoms with van der Waals surface area (Å²) in [7, 11) is 1.67. The van der Waals surface area contributed by atoms with Gasteiger partial charge in [-0.2, -0.15) is 0 Å². The van der Waals surface area contributed by atoms with E-state index in [-0.39, 0.29) is 0 Å². The summed E-state index contributed by atoms with van der Waals surface area (Å²) < 4.78 is 10.4. The molecule has 0 saturated heterocycles. The Bertz CT molecular complexity index is 233. The van der Waals surface area contributed by atoms with Crippen molar-refractivity contribution in [2.24, 2.45) is 4.99 Å². The minimum atomic E-state index is 0.401. The maximum atomic E-state index is 5.47. The normalized spacial score (nSPS) is 21.5. The van der Waals surface area contributed by atoms with Gasteiger partial charge in [0.1, 0.15) is 6.61 Å². The topological polar surface area (TPSA) is 30.8 Å². The van der Waals surface area contributed by atoms with Crippen molar-refractivity contribution in [1.29, 1.82) is 0 Å². The van der Waals surface area contributed by atoms with Crippen LogP contribution in [0.5, 0.6) is 0 Å². The van der Waals surface area contributed by atoms with E-state index < -0.39 is 0 Å². The second-order valence-corrected chi connectivity index (χ2v) is 3.57. The molecule has 1 unspecified atom stereocenters. The molecule has 0 radical (unpaired) electrons. The van der Waals surface area contributed by atoms with Crippen molar-refractivity contribution in [2.45, 2.75) is 32.7 Å². The summed E-state index contributed by atoms with van der Waals surface area (Å²) in [6.45, 7) is 5.47. The molecule has 0 saturated carbocycles. The maximum absolute atomic E-state index is 5.47. The van der Waals surface area contributed by atoms with Gasteiger partial charge in [-0.15, -0.1) is 0 Å². The Kier molecular flexibility index (Phi) is 4.66. The summed E-state index contributed by atoms with van der Waals surface area (Å²) in [5, 5.41) is 0. The summed E-state index contributed by atoms with van der Waals surface area (Å²) >= 11 is 0. The van der Waals surface area contributed by atoms with Crippen LogP contribution < -0.4 is 0 Å². The molecule has 0 fully saturated rings. The van der Waals surface area contributed by atoms with Crippen molar-refractivity contribution < 1.29 is 9.47 Å². The van der Waals surface area contributed by atoms with Crippen molar-refractivity contribution in [1.82, 2.24) is 0 Å². The van der Waals surface area contributed by atoms with E-state index in [4.69, 9.17) is 9.47 Å². The van der Waals surface area contributed by atoms with Gasteiger partial charge >= 0.3 is 0 Å². The van der Waals surface area contributed by atoms with Crippen molar-refractivity contribution in [2.75, 3.05) is 20.3 Å². The largest absolute Gasteiger partial charge is 0.475 e. The summed E-state index contributed by atoms with van der Waals surface area (Å²) in [6.07, 6.45) is 4.15. The average molecular weight is 197 g/mol. The van der Waals surface area contributed by atoms with E-state index in [1.807, 2.05) is 6.08 Å². The number of hydrogen-bond donors (Lipinski definition) is 0. The van der Waals surface area contributed by atoms with Crippen molar-refractivity contribution >= 4 is 5.90 Å². The van der Waals surface area contributed by atoms with Crippen LogP contribution in [0.25, 0.3) is 0 Å². The molecular weight excluding hydrogens is 178 g/mol. The van der Waals surface area contributed by atoms with Crippen LogP contribution in [-0.2, 0) is 9.47 Å². The van der Waals surface area contributed by atoms with Gasteiger partial charge in [-0.25, -0.2) is 4.99 Å². The van der Waals surface area contributed by atoms with Gasteiger partial charge < -0.3 is 9.47 Å². The number of rotatable bonds is 4. The SMILES string of the molecule is CCC1CC(C)=CC(OCCOC)=N1. The molecule has 1 aliphatic rings. The fraction of sp³-hybridized carbons (Fsp3) is 0.727. The quantitative estimate of drug-likeness (QED) is 0.647. The molecule has 1 atom stereocenters. The molecule has 0 aromatic heterocycles. The molecule has 0 spiro atoms. The highest BCUT2D eigenvalue weighted by atomic mass is 16.5. The number of nitrogens with zero attached hydrogens (tertiary/aromatic N) is 1. The zero-order chi connectivity index (χ0) is 10.4. The number of hydrogen-bond acceptors (Lipinski definition) is 3. The fourth-order valence-electron chi connectivity index (χ4n) is 1.45. The summed E-state index contributed by atoms with van der Waals surface area (Å²) in [5.74, 6) is 0.762. The first-order chi connectivity index (χ1) is 6.76. The minimum absolute atomic E-state index is 0.401.